The summed E-state index contributed by atoms with van der Waals surface area (Å²) in [6.45, 7) is 2.14. The third kappa shape index (κ3) is 2.54. The number of hydrogen-bond acceptors (Lipinski definition) is 7. The Bertz CT molecular complexity index is 1410. The minimum atomic E-state index is -1.87. The van der Waals surface area contributed by atoms with Crippen LogP contribution in [0.3, 0.4) is 0 Å². The van der Waals surface area contributed by atoms with Crippen LogP contribution in [0, 0.1) is 0 Å². The van der Waals surface area contributed by atoms with Gasteiger partial charge in [-0.3, -0.25) is 4.79 Å². The smallest absolute Gasteiger partial charge is 0.343 e. The molecule has 162 valence electrons. The standard InChI is InChI=1S/C22H17BN3O6.Rf/c1-2-22(29)14-4-16-19-12(7-26(16)20(27)13(14)8-30-21(22)28)11(6-24-23)10-3-17-18(32-9-31-17)5-15(10)25-19;/h3-5,29H,2,6-9H2,1H3;/q-1;/t22-;/m0./s1. The molecule has 0 unspecified atom stereocenters. The van der Waals surface area contributed by atoms with Gasteiger partial charge in [-0.2, -0.15) is 0 Å². The van der Waals surface area contributed by atoms with E-state index in [1.54, 1.807) is 23.6 Å². The molecule has 2 radical (unpaired) electrons. The fourth-order valence-electron chi connectivity index (χ4n) is 4.82. The molecule has 3 aromatic rings. The summed E-state index contributed by atoms with van der Waals surface area (Å²) in [5, 5.41) is 15.7. The zero-order chi connectivity index (χ0) is 22.2. The van der Waals surface area contributed by atoms with Gasteiger partial charge in [-0.05, 0) is 18.6 Å². The van der Waals surface area contributed by atoms with Crippen LogP contribution in [-0.4, -0.2) is 35.4 Å². The molecule has 5 heterocycles. The van der Waals surface area contributed by atoms with Crippen molar-refractivity contribution in [3.8, 4) is 22.9 Å². The van der Waals surface area contributed by atoms with E-state index in [0.29, 0.717) is 28.4 Å². The van der Waals surface area contributed by atoms with E-state index in [1.165, 1.54) is 0 Å². The SMILES string of the molecule is [B][N-]Cc1c2c(nc3cc4c(cc13)OCO4)-c1cc3c(c(=O)n1C2)COC(=O)[C@]3(O)CC.[Rf]. The molecule has 1 atom stereocenters. The molecule has 6 rings (SSSR count). The minimum absolute atomic E-state index is 0. The van der Waals surface area contributed by atoms with E-state index in [0.717, 1.165) is 16.5 Å². The molecule has 2 aromatic heterocycles. The second-order valence-electron chi connectivity index (χ2n) is 8.08. The summed E-state index contributed by atoms with van der Waals surface area (Å²) in [6, 6.07) is 5.32. The number of aliphatic hydroxyl groups is 1. The van der Waals surface area contributed by atoms with Crippen molar-refractivity contribution in [1.29, 1.82) is 0 Å². The fourth-order valence-corrected chi connectivity index (χ4v) is 4.82. The van der Waals surface area contributed by atoms with Crippen molar-refractivity contribution in [3.05, 3.63) is 56.0 Å². The maximum absolute atomic E-state index is 13.4. The van der Waals surface area contributed by atoms with Crippen LogP contribution in [0.1, 0.15) is 35.6 Å². The average molecular weight is 697 g/mol. The van der Waals surface area contributed by atoms with Crippen molar-refractivity contribution < 1.29 is 24.1 Å². The molecule has 11 heteroatoms. The fraction of sp³-hybridized carbons (Fsp3) is 0.318. The number of carbonyl (C=O) groups excluding carboxylic acids is 1. The molecule has 0 saturated carbocycles. The van der Waals surface area contributed by atoms with Crippen LogP contribution in [-0.2, 0) is 34.8 Å². The van der Waals surface area contributed by atoms with E-state index in [2.05, 4.69) is 5.23 Å². The molecule has 0 aliphatic carbocycles. The molecule has 3 aliphatic rings. The number of carbonyl (C=O) groups is 1. The van der Waals surface area contributed by atoms with Crippen molar-refractivity contribution in [1.82, 2.24) is 9.55 Å². The summed E-state index contributed by atoms with van der Waals surface area (Å²) < 4.78 is 17.7. The van der Waals surface area contributed by atoms with Gasteiger partial charge in [0.05, 0.1) is 29.0 Å². The Morgan fingerprint density at radius 2 is 1.94 bits per heavy atom. The first-order valence-electron chi connectivity index (χ1n) is 10.2. The molecule has 0 spiro atoms. The summed E-state index contributed by atoms with van der Waals surface area (Å²) in [7, 11) is 5.55. The number of aromatic nitrogens is 2. The van der Waals surface area contributed by atoms with Gasteiger partial charge in [-0.25, -0.2) is 9.78 Å². The maximum atomic E-state index is 13.4. The van der Waals surface area contributed by atoms with Gasteiger partial charge in [0.1, 0.15) is 6.61 Å². The normalized spacial score (nSPS) is 19.5. The molecular formula is C22H17BN3O6Rf-. The second kappa shape index (κ2) is 6.82. The van der Waals surface area contributed by atoms with E-state index in [9.17, 15) is 14.7 Å². The number of rotatable bonds is 3. The van der Waals surface area contributed by atoms with Crippen molar-refractivity contribution in [3.63, 3.8) is 0 Å². The summed E-state index contributed by atoms with van der Waals surface area (Å²) in [5.74, 6) is 0.450. The van der Waals surface area contributed by atoms with Crippen LogP contribution in [0.25, 0.3) is 27.5 Å². The van der Waals surface area contributed by atoms with Gasteiger partial charge >= 0.3 is 5.97 Å². The zero-order valence-corrected chi connectivity index (χ0v) is 24.3. The van der Waals surface area contributed by atoms with Gasteiger partial charge in [-0.1, -0.05) is 12.5 Å². The van der Waals surface area contributed by atoms with Crippen LogP contribution >= 0.6 is 0 Å². The quantitative estimate of drug-likeness (QED) is 0.257. The maximum Gasteiger partial charge on any atom is 0.343 e. The topological polar surface area (TPSA) is 114 Å². The first-order chi connectivity index (χ1) is 15.5. The van der Waals surface area contributed by atoms with Crippen LogP contribution < -0.4 is 15.0 Å². The molecule has 9 nitrogen and oxygen atoms in total. The number of pyridine rings is 2. The van der Waals surface area contributed by atoms with Gasteiger partial charge in [0.2, 0.25) is 6.79 Å². The number of nitrogens with zero attached hydrogens (tertiary/aromatic N) is 3. The van der Waals surface area contributed by atoms with Gasteiger partial charge in [0.15, 0.2) is 17.1 Å². The predicted molar refractivity (Wildman–Crippen MR) is 113 cm³/mol. The Morgan fingerprint density at radius 1 is 1.18 bits per heavy atom. The number of hydrogen-bond donors (Lipinski definition) is 1. The number of benzene rings is 1. The molecule has 3 aliphatic heterocycles. The third-order valence-electron chi connectivity index (χ3n) is 6.55. The van der Waals surface area contributed by atoms with Gasteiger partial charge in [0.25, 0.3) is 5.56 Å². The van der Waals surface area contributed by atoms with Crippen molar-refractivity contribution in [2.45, 2.75) is 38.6 Å². The Morgan fingerprint density at radius 3 is 2.67 bits per heavy atom. The van der Waals surface area contributed by atoms with E-state index in [1.807, 2.05) is 6.07 Å². The van der Waals surface area contributed by atoms with E-state index in [4.69, 9.17) is 27.2 Å². The van der Waals surface area contributed by atoms with Gasteiger partial charge in [-0.15, -0.1) is 14.5 Å². The zero-order valence-electron chi connectivity index (χ0n) is 17.9. The van der Waals surface area contributed by atoms with E-state index in [-0.39, 0.29) is 49.6 Å². The van der Waals surface area contributed by atoms with Crippen molar-refractivity contribution in [2.75, 3.05) is 6.79 Å². The minimum Gasteiger partial charge on any atom is -0.697 e. The predicted octanol–water partition coefficient (Wildman–Crippen LogP) is 1.77. The van der Waals surface area contributed by atoms with E-state index < -0.39 is 11.6 Å². The molecule has 0 saturated heterocycles. The molecule has 33 heavy (non-hydrogen) atoms. The first kappa shape index (κ1) is 20.5. The second-order valence-corrected chi connectivity index (χ2v) is 8.08. The summed E-state index contributed by atoms with van der Waals surface area (Å²) in [4.78, 5) is 30.5. The van der Waals surface area contributed by atoms with Crippen LogP contribution in [0.15, 0.2) is 23.0 Å². The molecule has 1 aromatic carbocycles. The molecule has 0 bridgehead atoms. The average Bonchev–Trinajstić information content (AvgIpc) is 3.40. The number of cyclic esters (lactones) is 1. The van der Waals surface area contributed by atoms with E-state index >= 15 is 0 Å². The molecule has 1 N–H and O–H groups in total. The number of esters is 1. The monoisotopic (exact) mass is 697 g/mol. The third-order valence-corrected chi connectivity index (χ3v) is 6.55. The Labute approximate surface area is 183 Å². The molecule has 0 amide bonds. The van der Waals surface area contributed by atoms with Crippen LogP contribution in [0.2, 0.25) is 0 Å². The largest absolute Gasteiger partial charge is 0.697 e. The van der Waals surface area contributed by atoms with Gasteiger partial charge < -0.3 is 29.1 Å². The number of fused-ring (bicyclic) bond motifs is 6. The van der Waals surface area contributed by atoms with Crippen LogP contribution in [0.4, 0.5) is 0 Å². The summed E-state index contributed by atoms with van der Waals surface area (Å²) >= 11 is 0. The summed E-state index contributed by atoms with van der Waals surface area (Å²) in [6.07, 6.45) is 0.0838. The summed E-state index contributed by atoms with van der Waals surface area (Å²) in [5.41, 5.74) is 1.79. The van der Waals surface area contributed by atoms with Crippen LogP contribution in [0.5, 0.6) is 11.5 Å². The van der Waals surface area contributed by atoms with Crippen molar-refractivity contribution >= 4 is 24.9 Å². The Hall–Kier alpha value is -4.37. The first-order valence-corrected chi connectivity index (χ1v) is 10.2. The molecular weight excluding hydrogens is 680 g/mol. The Balaban J connectivity index is 0.00000228. The Kier molecular flexibility index (Phi) is 4.24. The molecule has 0 fully saturated rings. The van der Waals surface area contributed by atoms with Crippen molar-refractivity contribution in [2.24, 2.45) is 0 Å². The number of ether oxygens (including phenoxy) is 3. The van der Waals surface area contributed by atoms with Gasteiger partial charge in [0, 0.05) is 22.6 Å².